The van der Waals surface area contributed by atoms with Crippen molar-refractivity contribution in [3.8, 4) is 0 Å². The number of anilines is 1. The minimum absolute atomic E-state index is 0.140. The van der Waals surface area contributed by atoms with Crippen LogP contribution in [0.15, 0.2) is 34.9 Å². The summed E-state index contributed by atoms with van der Waals surface area (Å²) in [4.78, 5) is 0. The van der Waals surface area contributed by atoms with Gasteiger partial charge in [0, 0.05) is 4.47 Å². The molecule has 0 bridgehead atoms. The molecule has 0 aliphatic heterocycles. The van der Waals surface area contributed by atoms with E-state index in [0.29, 0.717) is 5.82 Å². The molecule has 2 N–H and O–H groups in total. The van der Waals surface area contributed by atoms with Gasteiger partial charge in [0.05, 0.1) is 15.8 Å². The first-order chi connectivity index (χ1) is 7.59. The second kappa shape index (κ2) is 4.75. The highest BCUT2D eigenvalue weighted by atomic mass is 127. The molecule has 1 aromatic carbocycles. The van der Waals surface area contributed by atoms with Crippen LogP contribution in [0.2, 0.25) is 0 Å². The molecule has 2 rings (SSSR count). The number of nitrogens with two attached hydrogens (primary N) is 1. The first-order valence-corrected chi connectivity index (χ1v) is 6.70. The van der Waals surface area contributed by atoms with Crippen molar-refractivity contribution >= 4 is 44.3 Å². The van der Waals surface area contributed by atoms with E-state index in [2.05, 4.69) is 62.7 Å². The molecular formula is C11H11BrIN3. The summed E-state index contributed by atoms with van der Waals surface area (Å²) >= 11 is 5.65. The molecule has 1 unspecified atom stereocenters. The van der Waals surface area contributed by atoms with Gasteiger partial charge >= 0.3 is 0 Å². The molecule has 0 fully saturated rings. The van der Waals surface area contributed by atoms with Crippen LogP contribution in [0.5, 0.6) is 0 Å². The Bertz CT molecular complexity index is 510. The Balaban J connectivity index is 2.39. The average Bonchev–Trinajstić information content (AvgIpc) is 2.59. The summed E-state index contributed by atoms with van der Waals surface area (Å²) in [5, 5.41) is 4.29. The van der Waals surface area contributed by atoms with E-state index in [1.54, 1.807) is 6.20 Å². The number of halogens is 2. The molecule has 84 valence electrons. The maximum absolute atomic E-state index is 5.96. The SMILES string of the molecule is CC(c1cccc(Br)c1)n1ncc(I)c1N. The molecule has 0 saturated carbocycles. The molecule has 0 saturated heterocycles. The van der Waals surface area contributed by atoms with Gasteiger partial charge in [-0.3, -0.25) is 0 Å². The predicted molar refractivity (Wildman–Crippen MR) is 77.3 cm³/mol. The van der Waals surface area contributed by atoms with Crippen LogP contribution in [0.25, 0.3) is 0 Å². The van der Waals surface area contributed by atoms with E-state index >= 15 is 0 Å². The lowest BCUT2D eigenvalue weighted by Crippen LogP contribution is -2.11. The van der Waals surface area contributed by atoms with E-state index in [4.69, 9.17) is 5.73 Å². The molecule has 0 aliphatic carbocycles. The van der Waals surface area contributed by atoms with E-state index in [0.717, 1.165) is 8.04 Å². The van der Waals surface area contributed by atoms with Gasteiger partial charge in [0.1, 0.15) is 5.82 Å². The predicted octanol–water partition coefficient (Wildman–Crippen LogP) is 3.44. The highest BCUT2D eigenvalue weighted by molar-refractivity contribution is 14.1. The van der Waals surface area contributed by atoms with Crippen molar-refractivity contribution in [2.45, 2.75) is 13.0 Å². The average molecular weight is 392 g/mol. The van der Waals surface area contributed by atoms with Crippen LogP contribution in [0.4, 0.5) is 5.82 Å². The summed E-state index contributed by atoms with van der Waals surface area (Å²) < 4.78 is 3.89. The van der Waals surface area contributed by atoms with Crippen molar-refractivity contribution in [1.82, 2.24) is 9.78 Å². The Morgan fingerprint density at radius 3 is 2.81 bits per heavy atom. The molecule has 16 heavy (non-hydrogen) atoms. The van der Waals surface area contributed by atoms with Crippen LogP contribution in [-0.2, 0) is 0 Å². The van der Waals surface area contributed by atoms with Crippen LogP contribution in [0.1, 0.15) is 18.5 Å². The first-order valence-electron chi connectivity index (χ1n) is 4.83. The normalized spacial score (nSPS) is 12.7. The number of hydrogen-bond acceptors (Lipinski definition) is 2. The monoisotopic (exact) mass is 391 g/mol. The number of aromatic nitrogens is 2. The maximum Gasteiger partial charge on any atom is 0.135 e. The number of benzene rings is 1. The second-order valence-electron chi connectivity index (χ2n) is 3.55. The van der Waals surface area contributed by atoms with Crippen LogP contribution in [-0.4, -0.2) is 9.78 Å². The number of nitrogens with zero attached hydrogens (tertiary/aromatic N) is 2. The third-order valence-electron chi connectivity index (χ3n) is 2.48. The third kappa shape index (κ3) is 2.24. The highest BCUT2D eigenvalue weighted by Gasteiger charge is 2.13. The highest BCUT2D eigenvalue weighted by Crippen LogP contribution is 2.25. The van der Waals surface area contributed by atoms with Gasteiger partial charge in [0.15, 0.2) is 0 Å². The summed E-state index contributed by atoms with van der Waals surface area (Å²) in [7, 11) is 0. The Morgan fingerprint density at radius 1 is 1.50 bits per heavy atom. The van der Waals surface area contributed by atoms with Gasteiger partial charge in [-0.2, -0.15) is 5.10 Å². The lowest BCUT2D eigenvalue weighted by molar-refractivity contribution is 0.573. The fourth-order valence-electron chi connectivity index (χ4n) is 1.57. The molecule has 3 nitrogen and oxygen atoms in total. The third-order valence-corrected chi connectivity index (χ3v) is 3.81. The molecule has 1 atom stereocenters. The Morgan fingerprint density at radius 2 is 2.25 bits per heavy atom. The fraction of sp³-hybridized carbons (Fsp3) is 0.182. The topological polar surface area (TPSA) is 43.8 Å². The first kappa shape index (κ1) is 11.9. The quantitative estimate of drug-likeness (QED) is 0.797. The number of rotatable bonds is 2. The zero-order valence-corrected chi connectivity index (χ0v) is 12.4. The molecule has 0 radical (unpaired) electrons. The zero-order valence-electron chi connectivity index (χ0n) is 8.69. The number of hydrogen-bond donors (Lipinski definition) is 1. The van der Waals surface area contributed by atoms with Crippen molar-refractivity contribution in [2.24, 2.45) is 0 Å². The molecule has 0 amide bonds. The van der Waals surface area contributed by atoms with Crippen LogP contribution in [0.3, 0.4) is 0 Å². The molecule has 0 spiro atoms. The Kier molecular flexibility index (Phi) is 3.53. The zero-order chi connectivity index (χ0) is 11.7. The lowest BCUT2D eigenvalue weighted by atomic mass is 10.1. The van der Waals surface area contributed by atoms with Gasteiger partial charge in [-0.05, 0) is 47.2 Å². The van der Waals surface area contributed by atoms with Gasteiger partial charge in [-0.15, -0.1) is 0 Å². The molecule has 1 aromatic heterocycles. The van der Waals surface area contributed by atoms with Gasteiger partial charge < -0.3 is 5.73 Å². The van der Waals surface area contributed by atoms with Crippen LogP contribution >= 0.6 is 38.5 Å². The molecular weight excluding hydrogens is 381 g/mol. The molecule has 5 heteroatoms. The van der Waals surface area contributed by atoms with Crippen LogP contribution in [0, 0.1) is 3.57 Å². The van der Waals surface area contributed by atoms with Crippen molar-refractivity contribution < 1.29 is 0 Å². The minimum Gasteiger partial charge on any atom is -0.383 e. The fourth-order valence-corrected chi connectivity index (χ4v) is 2.36. The minimum atomic E-state index is 0.140. The number of nitrogen functional groups attached to an aromatic ring is 1. The van der Waals surface area contributed by atoms with E-state index in [9.17, 15) is 0 Å². The lowest BCUT2D eigenvalue weighted by Gasteiger charge is -2.14. The van der Waals surface area contributed by atoms with Crippen molar-refractivity contribution in [3.63, 3.8) is 0 Å². The van der Waals surface area contributed by atoms with Gasteiger partial charge in [0.25, 0.3) is 0 Å². The second-order valence-corrected chi connectivity index (χ2v) is 5.63. The van der Waals surface area contributed by atoms with E-state index < -0.39 is 0 Å². The van der Waals surface area contributed by atoms with E-state index in [1.807, 2.05) is 16.8 Å². The van der Waals surface area contributed by atoms with E-state index in [1.165, 1.54) is 5.56 Å². The maximum atomic E-state index is 5.96. The van der Waals surface area contributed by atoms with Crippen LogP contribution < -0.4 is 5.73 Å². The smallest absolute Gasteiger partial charge is 0.135 e. The molecule has 2 aromatic rings. The van der Waals surface area contributed by atoms with Gasteiger partial charge in [-0.1, -0.05) is 28.1 Å². The Hall–Kier alpha value is -0.560. The van der Waals surface area contributed by atoms with Gasteiger partial charge in [-0.25, -0.2) is 4.68 Å². The van der Waals surface area contributed by atoms with Gasteiger partial charge in [0.2, 0.25) is 0 Å². The summed E-state index contributed by atoms with van der Waals surface area (Å²) in [5.74, 6) is 0.716. The summed E-state index contributed by atoms with van der Waals surface area (Å²) in [6, 6.07) is 8.32. The summed E-state index contributed by atoms with van der Waals surface area (Å²) in [6.45, 7) is 2.08. The largest absolute Gasteiger partial charge is 0.383 e. The molecule has 1 heterocycles. The van der Waals surface area contributed by atoms with Crippen molar-refractivity contribution in [3.05, 3.63) is 44.1 Å². The summed E-state index contributed by atoms with van der Waals surface area (Å²) in [6.07, 6.45) is 1.78. The van der Waals surface area contributed by atoms with E-state index in [-0.39, 0.29) is 6.04 Å². The molecule has 0 aliphatic rings. The Labute approximate surface area is 116 Å². The van der Waals surface area contributed by atoms with Crippen molar-refractivity contribution in [1.29, 1.82) is 0 Å². The van der Waals surface area contributed by atoms with Crippen molar-refractivity contribution in [2.75, 3.05) is 5.73 Å². The summed E-state index contributed by atoms with van der Waals surface area (Å²) in [5.41, 5.74) is 7.14. The standard InChI is InChI=1S/C11H11BrIN3/c1-7(8-3-2-4-9(12)5-8)16-11(14)10(13)6-15-16/h2-7H,14H2,1H3.